The number of nitro groups is 1. The Hall–Kier alpha value is -2.62. The molecule has 10 heteroatoms. The number of rotatable bonds is 4. The number of nitrogens with one attached hydrogen (secondary N) is 1. The van der Waals surface area contributed by atoms with E-state index in [0.29, 0.717) is 0 Å². The first-order chi connectivity index (χ1) is 9.40. The number of aromatic carboxylic acids is 1. The van der Waals surface area contributed by atoms with Gasteiger partial charge in [-0.15, -0.1) is 5.10 Å². The number of nitro benzene ring substituents is 1. The quantitative estimate of drug-likeness (QED) is 0.632. The Kier molecular flexibility index (Phi) is 3.57. The van der Waals surface area contributed by atoms with Gasteiger partial charge in [0, 0.05) is 13.1 Å². The first-order valence-electron chi connectivity index (χ1n) is 5.21. The summed E-state index contributed by atoms with van der Waals surface area (Å²) in [4.78, 5) is 32.5. The zero-order chi connectivity index (χ0) is 14.9. The van der Waals surface area contributed by atoms with E-state index in [2.05, 4.69) is 10.2 Å². The van der Waals surface area contributed by atoms with Crippen LogP contribution in [-0.4, -0.2) is 30.8 Å². The van der Waals surface area contributed by atoms with E-state index in [1.54, 1.807) is 0 Å². The number of nitrogens with zero attached hydrogens (tertiary/aromatic N) is 3. The smallest absolute Gasteiger partial charge is 0.343 e. The third kappa shape index (κ3) is 2.54. The van der Waals surface area contributed by atoms with Crippen molar-refractivity contribution in [2.75, 3.05) is 0 Å². The normalized spacial score (nSPS) is 10.4. The van der Waals surface area contributed by atoms with Gasteiger partial charge >= 0.3 is 11.7 Å². The van der Waals surface area contributed by atoms with Crippen molar-refractivity contribution in [2.45, 2.75) is 10.1 Å². The van der Waals surface area contributed by atoms with Gasteiger partial charge in [-0.2, -0.15) is 0 Å². The average Bonchev–Trinajstić information content (AvgIpc) is 2.70. The molecule has 9 nitrogen and oxygen atoms in total. The highest BCUT2D eigenvalue weighted by Gasteiger charge is 2.19. The molecule has 0 fully saturated rings. The number of aromatic amines is 1. The lowest BCUT2D eigenvalue weighted by Gasteiger charge is -2.03. The van der Waals surface area contributed by atoms with Crippen molar-refractivity contribution in [3.8, 4) is 0 Å². The Labute approximate surface area is 115 Å². The van der Waals surface area contributed by atoms with Crippen molar-refractivity contribution in [3.63, 3.8) is 0 Å². The van der Waals surface area contributed by atoms with Crippen LogP contribution in [0.2, 0.25) is 0 Å². The molecule has 0 unspecified atom stereocenters. The predicted molar refractivity (Wildman–Crippen MR) is 68.0 cm³/mol. The van der Waals surface area contributed by atoms with Crippen LogP contribution in [0.3, 0.4) is 0 Å². The van der Waals surface area contributed by atoms with E-state index < -0.39 is 16.6 Å². The van der Waals surface area contributed by atoms with Crippen molar-refractivity contribution in [1.29, 1.82) is 0 Å². The van der Waals surface area contributed by atoms with E-state index in [-0.39, 0.29) is 21.3 Å². The number of hydrogen-bond donors (Lipinski definition) is 2. The second-order valence-corrected chi connectivity index (χ2v) is 4.73. The molecule has 2 aromatic rings. The molecule has 0 aliphatic heterocycles. The summed E-state index contributed by atoms with van der Waals surface area (Å²) in [5, 5.41) is 25.9. The maximum Gasteiger partial charge on any atom is 0.343 e. The summed E-state index contributed by atoms with van der Waals surface area (Å²) in [5.41, 5.74) is -0.807. The minimum atomic E-state index is -1.20. The number of aromatic nitrogens is 3. The molecule has 1 aromatic heterocycles. The second kappa shape index (κ2) is 5.17. The van der Waals surface area contributed by atoms with Crippen LogP contribution < -0.4 is 5.69 Å². The third-order valence-corrected chi connectivity index (χ3v) is 3.54. The number of benzene rings is 1. The number of carbonyl (C=O) groups is 1. The predicted octanol–water partition coefficient (Wildman–Crippen LogP) is 0.866. The molecule has 0 atom stereocenters. The zero-order valence-electron chi connectivity index (χ0n) is 10.1. The van der Waals surface area contributed by atoms with Crippen molar-refractivity contribution < 1.29 is 14.8 Å². The van der Waals surface area contributed by atoms with Crippen LogP contribution in [-0.2, 0) is 7.05 Å². The van der Waals surface area contributed by atoms with Crippen LogP contribution in [0, 0.1) is 10.1 Å². The van der Waals surface area contributed by atoms with Gasteiger partial charge in [-0.05, 0) is 23.9 Å². The van der Waals surface area contributed by atoms with Gasteiger partial charge in [0.05, 0.1) is 15.4 Å². The van der Waals surface area contributed by atoms with Crippen LogP contribution in [0.15, 0.2) is 33.0 Å². The molecule has 0 amide bonds. The highest BCUT2D eigenvalue weighted by atomic mass is 32.2. The molecule has 0 bridgehead atoms. The topological polar surface area (TPSA) is 131 Å². The van der Waals surface area contributed by atoms with Gasteiger partial charge in [-0.25, -0.2) is 14.7 Å². The number of carboxylic acid groups (broad SMARTS) is 1. The Morgan fingerprint density at radius 2 is 2.25 bits per heavy atom. The molecule has 2 rings (SSSR count). The highest BCUT2D eigenvalue weighted by molar-refractivity contribution is 7.99. The molecule has 0 saturated heterocycles. The lowest BCUT2D eigenvalue weighted by Crippen LogP contribution is -2.12. The minimum Gasteiger partial charge on any atom is -0.478 e. The number of H-pyrrole nitrogens is 1. The molecular formula is C10H8N4O5S. The SMILES string of the molecule is Cn1c(Sc2cc(C(=O)O)ccc2[N+](=O)[O-])n[nH]c1=O. The Morgan fingerprint density at radius 1 is 1.55 bits per heavy atom. The highest BCUT2D eigenvalue weighted by Crippen LogP contribution is 2.33. The minimum absolute atomic E-state index is 0.0846. The fraction of sp³-hybridized carbons (Fsp3) is 0.100. The summed E-state index contributed by atoms with van der Waals surface area (Å²) < 4.78 is 1.17. The van der Waals surface area contributed by atoms with E-state index in [4.69, 9.17) is 5.11 Å². The second-order valence-electron chi connectivity index (χ2n) is 3.72. The molecule has 0 radical (unpaired) electrons. The first kappa shape index (κ1) is 13.8. The summed E-state index contributed by atoms with van der Waals surface area (Å²) >= 11 is 0.837. The van der Waals surface area contributed by atoms with E-state index >= 15 is 0 Å². The van der Waals surface area contributed by atoms with Gasteiger partial charge in [-0.1, -0.05) is 0 Å². The molecule has 20 heavy (non-hydrogen) atoms. The summed E-state index contributed by atoms with van der Waals surface area (Å²) in [5.74, 6) is -1.20. The van der Waals surface area contributed by atoms with Crippen molar-refractivity contribution >= 4 is 23.4 Å². The van der Waals surface area contributed by atoms with Crippen molar-refractivity contribution in [3.05, 3.63) is 44.4 Å². The largest absolute Gasteiger partial charge is 0.478 e. The van der Waals surface area contributed by atoms with Crippen LogP contribution in [0.25, 0.3) is 0 Å². The number of hydrogen-bond acceptors (Lipinski definition) is 6. The fourth-order valence-corrected chi connectivity index (χ4v) is 2.34. The Morgan fingerprint density at radius 3 is 2.75 bits per heavy atom. The van der Waals surface area contributed by atoms with Crippen molar-refractivity contribution in [2.24, 2.45) is 7.05 Å². The maximum atomic E-state index is 11.2. The van der Waals surface area contributed by atoms with Gasteiger partial charge in [0.25, 0.3) is 5.69 Å². The van der Waals surface area contributed by atoms with E-state index in [1.165, 1.54) is 17.7 Å². The third-order valence-electron chi connectivity index (χ3n) is 2.44. The van der Waals surface area contributed by atoms with E-state index in [0.717, 1.165) is 23.9 Å². The first-order valence-corrected chi connectivity index (χ1v) is 6.03. The lowest BCUT2D eigenvalue weighted by molar-refractivity contribution is -0.387. The molecule has 104 valence electrons. The lowest BCUT2D eigenvalue weighted by atomic mass is 10.2. The summed E-state index contributed by atoms with van der Waals surface area (Å²) in [7, 11) is 1.45. The maximum absolute atomic E-state index is 11.2. The Bertz CT molecular complexity index is 750. The van der Waals surface area contributed by atoms with Gasteiger partial charge < -0.3 is 5.11 Å². The van der Waals surface area contributed by atoms with Gasteiger partial charge in [0.15, 0.2) is 5.16 Å². The van der Waals surface area contributed by atoms with Crippen LogP contribution in [0.4, 0.5) is 5.69 Å². The molecule has 2 N–H and O–H groups in total. The van der Waals surface area contributed by atoms with Gasteiger partial charge in [0.1, 0.15) is 0 Å². The molecule has 0 aliphatic carbocycles. The number of carboxylic acids is 1. The van der Waals surface area contributed by atoms with E-state index in [1.807, 2.05) is 0 Å². The van der Waals surface area contributed by atoms with Crippen LogP contribution in [0.1, 0.15) is 10.4 Å². The molecule has 0 spiro atoms. The molecule has 1 aromatic carbocycles. The monoisotopic (exact) mass is 296 g/mol. The molecular weight excluding hydrogens is 288 g/mol. The van der Waals surface area contributed by atoms with E-state index in [9.17, 15) is 19.7 Å². The molecule has 1 heterocycles. The summed E-state index contributed by atoms with van der Waals surface area (Å²) in [6.07, 6.45) is 0. The van der Waals surface area contributed by atoms with Crippen LogP contribution in [0.5, 0.6) is 0 Å². The average molecular weight is 296 g/mol. The van der Waals surface area contributed by atoms with Crippen molar-refractivity contribution in [1.82, 2.24) is 14.8 Å². The Balaban J connectivity index is 2.50. The van der Waals surface area contributed by atoms with Gasteiger partial charge in [0.2, 0.25) is 0 Å². The van der Waals surface area contributed by atoms with Crippen LogP contribution >= 0.6 is 11.8 Å². The zero-order valence-corrected chi connectivity index (χ0v) is 10.9. The van der Waals surface area contributed by atoms with Gasteiger partial charge in [-0.3, -0.25) is 14.7 Å². The standard InChI is InChI=1S/C10H8N4O5S/c1-13-9(17)11-12-10(13)20-7-4-5(8(15)16)2-3-6(7)14(18)19/h2-4H,1H3,(H,11,17)(H,15,16). The summed E-state index contributed by atoms with van der Waals surface area (Å²) in [6, 6.07) is 3.43. The summed E-state index contributed by atoms with van der Waals surface area (Å²) in [6.45, 7) is 0. The molecule has 0 aliphatic rings. The molecule has 0 saturated carbocycles. The fourth-order valence-electron chi connectivity index (χ4n) is 1.40.